The number of rotatable bonds is 4. The average molecular weight is 230 g/mol. The maximum atomic E-state index is 11.4. The number of urea groups is 1. The Balaban J connectivity index is 2.31. The van der Waals surface area contributed by atoms with Crippen LogP contribution < -0.4 is 10.6 Å². The van der Waals surface area contributed by atoms with Crippen LogP contribution in [0.25, 0.3) is 0 Å². The van der Waals surface area contributed by atoms with E-state index in [0.717, 1.165) is 25.7 Å². The van der Waals surface area contributed by atoms with Crippen LogP contribution in [-0.4, -0.2) is 40.9 Å². The molecule has 0 saturated heterocycles. The standard InChI is InChI=1S/C10H18N2O4/c13-6-8(9(14)15)12-10(16)11-7-4-2-1-3-5-7/h7-8,13H,1-6H2,(H,14,15)(H2,11,12,16)/t8-/m0/s1. The molecule has 0 aromatic heterocycles. The zero-order chi connectivity index (χ0) is 12.0. The van der Waals surface area contributed by atoms with Gasteiger partial charge in [-0.15, -0.1) is 0 Å². The molecule has 0 spiro atoms. The Morgan fingerprint density at radius 2 is 1.88 bits per heavy atom. The van der Waals surface area contributed by atoms with Crippen LogP contribution in [0.1, 0.15) is 32.1 Å². The molecule has 16 heavy (non-hydrogen) atoms. The predicted octanol–water partition coefficient (Wildman–Crippen LogP) is 0.0638. The lowest BCUT2D eigenvalue weighted by atomic mass is 9.96. The van der Waals surface area contributed by atoms with Gasteiger partial charge >= 0.3 is 12.0 Å². The quantitative estimate of drug-likeness (QED) is 0.549. The summed E-state index contributed by atoms with van der Waals surface area (Å²) in [5, 5.41) is 22.3. The molecule has 0 radical (unpaired) electrons. The molecule has 6 heteroatoms. The highest BCUT2D eigenvalue weighted by Crippen LogP contribution is 2.17. The van der Waals surface area contributed by atoms with Gasteiger partial charge in [0.05, 0.1) is 6.61 Å². The van der Waals surface area contributed by atoms with Crippen molar-refractivity contribution in [2.75, 3.05) is 6.61 Å². The molecular weight excluding hydrogens is 212 g/mol. The van der Waals surface area contributed by atoms with Crippen molar-refractivity contribution in [2.24, 2.45) is 0 Å². The van der Waals surface area contributed by atoms with Gasteiger partial charge in [-0.2, -0.15) is 0 Å². The molecule has 1 aliphatic carbocycles. The number of aliphatic hydroxyl groups is 1. The van der Waals surface area contributed by atoms with Crippen LogP contribution in [0.4, 0.5) is 4.79 Å². The summed E-state index contributed by atoms with van der Waals surface area (Å²) in [5.41, 5.74) is 0. The largest absolute Gasteiger partial charge is 0.480 e. The van der Waals surface area contributed by atoms with Gasteiger partial charge in [0.2, 0.25) is 0 Å². The number of carbonyl (C=O) groups excluding carboxylic acids is 1. The fourth-order valence-corrected chi connectivity index (χ4v) is 1.82. The highest BCUT2D eigenvalue weighted by atomic mass is 16.4. The van der Waals surface area contributed by atoms with E-state index >= 15 is 0 Å². The molecule has 0 unspecified atom stereocenters. The second kappa shape index (κ2) is 6.32. The third-order valence-corrected chi connectivity index (χ3v) is 2.73. The van der Waals surface area contributed by atoms with E-state index < -0.39 is 24.6 Å². The molecular formula is C10H18N2O4. The zero-order valence-electron chi connectivity index (χ0n) is 9.11. The van der Waals surface area contributed by atoms with E-state index in [0.29, 0.717) is 0 Å². The van der Waals surface area contributed by atoms with Crippen LogP contribution in [0.5, 0.6) is 0 Å². The van der Waals surface area contributed by atoms with Gasteiger partial charge in [0.15, 0.2) is 6.04 Å². The SMILES string of the molecule is O=C(NC1CCCCC1)N[C@@H](CO)C(=O)O. The number of amides is 2. The summed E-state index contributed by atoms with van der Waals surface area (Å²) in [6, 6.07) is -1.63. The monoisotopic (exact) mass is 230 g/mol. The molecule has 0 heterocycles. The van der Waals surface area contributed by atoms with Crippen LogP contribution in [0, 0.1) is 0 Å². The molecule has 1 aliphatic rings. The second-order valence-corrected chi connectivity index (χ2v) is 4.03. The summed E-state index contributed by atoms with van der Waals surface area (Å²) < 4.78 is 0. The molecule has 1 saturated carbocycles. The van der Waals surface area contributed by atoms with Crippen molar-refractivity contribution in [3.63, 3.8) is 0 Å². The van der Waals surface area contributed by atoms with Gasteiger partial charge in [-0.1, -0.05) is 19.3 Å². The first-order valence-electron chi connectivity index (χ1n) is 5.54. The van der Waals surface area contributed by atoms with Gasteiger partial charge in [-0.05, 0) is 12.8 Å². The van der Waals surface area contributed by atoms with Crippen molar-refractivity contribution in [1.82, 2.24) is 10.6 Å². The second-order valence-electron chi connectivity index (χ2n) is 4.03. The molecule has 0 aromatic carbocycles. The van der Waals surface area contributed by atoms with Gasteiger partial charge < -0.3 is 20.8 Å². The van der Waals surface area contributed by atoms with E-state index in [1.807, 2.05) is 0 Å². The van der Waals surface area contributed by atoms with Gasteiger partial charge in [-0.3, -0.25) is 0 Å². The van der Waals surface area contributed by atoms with E-state index in [-0.39, 0.29) is 6.04 Å². The van der Waals surface area contributed by atoms with Crippen molar-refractivity contribution in [3.8, 4) is 0 Å². The molecule has 4 N–H and O–H groups in total. The van der Waals surface area contributed by atoms with Gasteiger partial charge in [0.1, 0.15) is 0 Å². The topological polar surface area (TPSA) is 98.7 Å². The minimum atomic E-state index is -1.23. The van der Waals surface area contributed by atoms with Crippen LogP contribution in [-0.2, 0) is 4.79 Å². The van der Waals surface area contributed by atoms with Crippen LogP contribution in [0.2, 0.25) is 0 Å². The lowest BCUT2D eigenvalue weighted by Crippen LogP contribution is -2.50. The first kappa shape index (κ1) is 12.8. The number of nitrogens with one attached hydrogen (secondary N) is 2. The Morgan fingerprint density at radius 1 is 1.25 bits per heavy atom. The maximum absolute atomic E-state index is 11.4. The van der Waals surface area contributed by atoms with E-state index in [1.54, 1.807) is 0 Å². The van der Waals surface area contributed by atoms with Crippen molar-refractivity contribution in [3.05, 3.63) is 0 Å². The molecule has 1 fully saturated rings. The Hall–Kier alpha value is -1.30. The summed E-state index contributed by atoms with van der Waals surface area (Å²) >= 11 is 0. The maximum Gasteiger partial charge on any atom is 0.328 e. The molecule has 6 nitrogen and oxygen atoms in total. The summed E-state index contributed by atoms with van der Waals surface area (Å²) in [4.78, 5) is 21.9. The van der Waals surface area contributed by atoms with Crippen LogP contribution >= 0.6 is 0 Å². The summed E-state index contributed by atoms with van der Waals surface area (Å²) in [6.45, 7) is -0.604. The number of aliphatic hydroxyl groups excluding tert-OH is 1. The molecule has 0 aliphatic heterocycles. The first-order chi connectivity index (χ1) is 7.63. The van der Waals surface area contributed by atoms with E-state index in [9.17, 15) is 9.59 Å². The van der Waals surface area contributed by atoms with E-state index in [2.05, 4.69) is 10.6 Å². The normalized spacial score (nSPS) is 18.8. The minimum absolute atomic E-state index is 0.127. The van der Waals surface area contributed by atoms with E-state index in [4.69, 9.17) is 10.2 Å². The number of carbonyl (C=O) groups is 2. The summed E-state index contributed by atoms with van der Waals surface area (Å²) in [6.07, 6.45) is 5.24. The van der Waals surface area contributed by atoms with Gasteiger partial charge in [0.25, 0.3) is 0 Å². The van der Waals surface area contributed by atoms with E-state index in [1.165, 1.54) is 6.42 Å². The highest BCUT2D eigenvalue weighted by molar-refractivity contribution is 5.82. The zero-order valence-corrected chi connectivity index (χ0v) is 9.11. The summed E-state index contributed by atoms with van der Waals surface area (Å²) in [5.74, 6) is -1.23. The molecule has 1 rings (SSSR count). The molecule has 2 amide bonds. The Labute approximate surface area is 94.0 Å². The molecule has 0 aromatic rings. The van der Waals surface area contributed by atoms with Crippen molar-refractivity contribution in [2.45, 2.75) is 44.2 Å². The number of aliphatic carboxylic acids is 1. The molecule has 92 valence electrons. The third kappa shape index (κ3) is 4.06. The van der Waals surface area contributed by atoms with Crippen LogP contribution in [0.3, 0.4) is 0 Å². The summed E-state index contributed by atoms with van der Waals surface area (Å²) in [7, 11) is 0. The first-order valence-corrected chi connectivity index (χ1v) is 5.54. The van der Waals surface area contributed by atoms with Crippen molar-refractivity contribution < 1.29 is 19.8 Å². The van der Waals surface area contributed by atoms with Gasteiger partial charge in [-0.25, -0.2) is 9.59 Å². The lowest BCUT2D eigenvalue weighted by Gasteiger charge is -2.23. The van der Waals surface area contributed by atoms with Gasteiger partial charge in [0, 0.05) is 6.04 Å². The van der Waals surface area contributed by atoms with Crippen molar-refractivity contribution >= 4 is 12.0 Å². The smallest absolute Gasteiger partial charge is 0.328 e. The highest BCUT2D eigenvalue weighted by Gasteiger charge is 2.21. The molecule has 0 bridgehead atoms. The Morgan fingerprint density at radius 3 is 2.38 bits per heavy atom. The third-order valence-electron chi connectivity index (χ3n) is 2.73. The van der Waals surface area contributed by atoms with Crippen LogP contribution in [0.15, 0.2) is 0 Å². The molecule has 1 atom stereocenters. The average Bonchev–Trinajstić information content (AvgIpc) is 2.27. The number of carboxylic acids is 1. The fraction of sp³-hybridized carbons (Fsp3) is 0.800. The Kier molecular flexibility index (Phi) is 5.04. The number of hydrogen-bond acceptors (Lipinski definition) is 3. The number of hydrogen-bond donors (Lipinski definition) is 4. The fourth-order valence-electron chi connectivity index (χ4n) is 1.82. The minimum Gasteiger partial charge on any atom is -0.480 e. The number of carboxylic acid groups (broad SMARTS) is 1. The predicted molar refractivity (Wildman–Crippen MR) is 57.1 cm³/mol. The Bertz CT molecular complexity index is 251. The van der Waals surface area contributed by atoms with Crippen molar-refractivity contribution in [1.29, 1.82) is 0 Å². The lowest BCUT2D eigenvalue weighted by molar-refractivity contribution is -0.140.